The van der Waals surface area contributed by atoms with E-state index in [-0.39, 0.29) is 5.82 Å². The molecule has 88 valence electrons. The van der Waals surface area contributed by atoms with Gasteiger partial charge in [0.05, 0.1) is 0 Å². The number of carboxylic acids is 1. The number of hydrogen-bond acceptors (Lipinski definition) is 2. The molecule has 0 aliphatic carbocycles. The molecule has 0 heterocycles. The summed E-state index contributed by atoms with van der Waals surface area (Å²) in [6.07, 6.45) is 0.851. The highest BCUT2D eigenvalue weighted by Crippen LogP contribution is 2.19. The van der Waals surface area contributed by atoms with E-state index in [9.17, 15) is 9.18 Å². The van der Waals surface area contributed by atoms with Gasteiger partial charge >= 0.3 is 5.97 Å². The lowest BCUT2D eigenvalue weighted by molar-refractivity contribution is -0.139. The van der Waals surface area contributed by atoms with Crippen LogP contribution in [0, 0.1) is 12.7 Å². The van der Waals surface area contributed by atoms with Gasteiger partial charge in [-0.2, -0.15) is 0 Å². The van der Waals surface area contributed by atoms with Crippen LogP contribution in [0.5, 0.6) is 0 Å². The highest BCUT2D eigenvalue weighted by atomic mass is 19.1. The van der Waals surface area contributed by atoms with E-state index >= 15 is 0 Å². The summed E-state index contributed by atoms with van der Waals surface area (Å²) in [6, 6.07) is 3.39. The molecule has 4 heteroatoms. The van der Waals surface area contributed by atoms with E-state index in [0.29, 0.717) is 17.7 Å². The van der Waals surface area contributed by atoms with Gasteiger partial charge in [0.15, 0.2) is 0 Å². The summed E-state index contributed by atoms with van der Waals surface area (Å²) in [5.74, 6) is -1.29. The van der Waals surface area contributed by atoms with Gasteiger partial charge < -0.3 is 10.4 Å². The molecule has 0 radical (unpaired) electrons. The topological polar surface area (TPSA) is 49.3 Å². The van der Waals surface area contributed by atoms with E-state index in [1.165, 1.54) is 18.2 Å². The van der Waals surface area contributed by atoms with Crippen LogP contribution in [0.2, 0.25) is 0 Å². The Balaban J connectivity index is 2.96. The maximum atomic E-state index is 12.9. The van der Waals surface area contributed by atoms with Crippen LogP contribution >= 0.6 is 0 Å². The van der Waals surface area contributed by atoms with Crippen molar-refractivity contribution in [1.29, 1.82) is 0 Å². The van der Waals surface area contributed by atoms with Crippen molar-refractivity contribution in [3.8, 4) is 0 Å². The molecule has 1 atom stereocenters. The fourth-order valence-electron chi connectivity index (χ4n) is 1.58. The second-order valence-corrected chi connectivity index (χ2v) is 3.73. The monoisotopic (exact) mass is 225 g/mol. The molecule has 0 aliphatic heterocycles. The van der Waals surface area contributed by atoms with Crippen LogP contribution in [0.3, 0.4) is 0 Å². The van der Waals surface area contributed by atoms with E-state index in [0.717, 1.165) is 6.42 Å². The molecular formula is C12H16FNO2. The Labute approximate surface area is 94.3 Å². The molecule has 0 fully saturated rings. The van der Waals surface area contributed by atoms with Crippen LogP contribution in [0.4, 0.5) is 4.39 Å². The molecule has 0 spiro atoms. The zero-order valence-electron chi connectivity index (χ0n) is 9.46. The third-order valence-corrected chi connectivity index (χ3v) is 2.39. The number of carboxylic acid groups (broad SMARTS) is 1. The minimum Gasteiger partial charge on any atom is -0.480 e. The summed E-state index contributed by atoms with van der Waals surface area (Å²) < 4.78 is 12.9. The van der Waals surface area contributed by atoms with Gasteiger partial charge in [-0.3, -0.25) is 4.79 Å². The van der Waals surface area contributed by atoms with E-state index < -0.39 is 12.0 Å². The molecule has 0 saturated heterocycles. The van der Waals surface area contributed by atoms with Gasteiger partial charge in [-0.1, -0.05) is 13.0 Å². The maximum Gasteiger partial charge on any atom is 0.325 e. The molecule has 1 unspecified atom stereocenters. The molecule has 1 aromatic carbocycles. The molecule has 3 nitrogen and oxygen atoms in total. The molecule has 0 amide bonds. The van der Waals surface area contributed by atoms with Gasteiger partial charge in [0.1, 0.15) is 11.9 Å². The van der Waals surface area contributed by atoms with E-state index in [2.05, 4.69) is 5.32 Å². The van der Waals surface area contributed by atoms with Crippen molar-refractivity contribution in [2.24, 2.45) is 0 Å². The fraction of sp³-hybridized carbons (Fsp3) is 0.417. The minimum absolute atomic E-state index is 0.346. The second kappa shape index (κ2) is 5.61. The number of nitrogens with one attached hydrogen (secondary N) is 1. The smallest absolute Gasteiger partial charge is 0.325 e. The Kier molecular flexibility index (Phi) is 4.43. The van der Waals surface area contributed by atoms with Crippen LogP contribution in [-0.2, 0) is 4.79 Å². The summed E-state index contributed by atoms with van der Waals surface area (Å²) in [7, 11) is 0. The normalized spacial score (nSPS) is 12.4. The van der Waals surface area contributed by atoms with Crippen LogP contribution < -0.4 is 5.32 Å². The quantitative estimate of drug-likeness (QED) is 0.808. The Morgan fingerprint density at radius 1 is 1.56 bits per heavy atom. The van der Waals surface area contributed by atoms with Gasteiger partial charge in [-0.05, 0) is 43.1 Å². The summed E-state index contributed by atoms with van der Waals surface area (Å²) in [5.41, 5.74) is 1.26. The minimum atomic E-state index is -0.942. The first-order chi connectivity index (χ1) is 7.56. The maximum absolute atomic E-state index is 12.9. The summed E-state index contributed by atoms with van der Waals surface area (Å²) in [6.45, 7) is 4.29. The lowest BCUT2D eigenvalue weighted by Gasteiger charge is -2.16. The average molecular weight is 225 g/mol. The van der Waals surface area contributed by atoms with Crippen molar-refractivity contribution < 1.29 is 14.3 Å². The Morgan fingerprint density at radius 2 is 2.25 bits per heavy atom. The SMILES string of the molecule is CCCNC(C(=O)O)c1ccc(F)cc1C. The van der Waals surface area contributed by atoms with E-state index in [1.54, 1.807) is 6.92 Å². The summed E-state index contributed by atoms with van der Waals surface area (Å²) >= 11 is 0. The number of carbonyl (C=O) groups is 1. The van der Waals surface area contributed by atoms with E-state index in [4.69, 9.17) is 5.11 Å². The Morgan fingerprint density at radius 3 is 2.75 bits per heavy atom. The molecular weight excluding hydrogens is 209 g/mol. The fourth-order valence-corrected chi connectivity index (χ4v) is 1.58. The number of hydrogen-bond donors (Lipinski definition) is 2. The lowest BCUT2D eigenvalue weighted by Crippen LogP contribution is -2.29. The average Bonchev–Trinajstić information content (AvgIpc) is 2.20. The zero-order valence-corrected chi connectivity index (χ0v) is 9.46. The van der Waals surface area contributed by atoms with Crippen molar-refractivity contribution in [2.45, 2.75) is 26.3 Å². The first kappa shape index (κ1) is 12.6. The number of benzene rings is 1. The van der Waals surface area contributed by atoms with Crippen LogP contribution in [0.15, 0.2) is 18.2 Å². The molecule has 2 N–H and O–H groups in total. The second-order valence-electron chi connectivity index (χ2n) is 3.73. The number of aliphatic carboxylic acids is 1. The molecule has 1 rings (SSSR count). The predicted octanol–water partition coefficient (Wildman–Crippen LogP) is 2.26. The number of halogens is 1. The van der Waals surface area contributed by atoms with Crippen molar-refractivity contribution >= 4 is 5.97 Å². The van der Waals surface area contributed by atoms with Gasteiger partial charge in [0.25, 0.3) is 0 Å². The molecule has 1 aromatic rings. The van der Waals surface area contributed by atoms with E-state index in [1.807, 2.05) is 6.92 Å². The van der Waals surface area contributed by atoms with Crippen LogP contribution in [-0.4, -0.2) is 17.6 Å². The summed E-state index contributed by atoms with van der Waals surface area (Å²) in [5, 5.41) is 12.0. The number of rotatable bonds is 5. The van der Waals surface area contributed by atoms with Crippen molar-refractivity contribution in [3.05, 3.63) is 35.1 Å². The third-order valence-electron chi connectivity index (χ3n) is 2.39. The highest BCUT2D eigenvalue weighted by molar-refractivity contribution is 5.76. The molecule has 0 aromatic heterocycles. The lowest BCUT2D eigenvalue weighted by atomic mass is 10.0. The van der Waals surface area contributed by atoms with Gasteiger partial charge in [-0.15, -0.1) is 0 Å². The third kappa shape index (κ3) is 3.03. The molecule has 0 saturated carbocycles. The number of aryl methyl sites for hydroxylation is 1. The Hall–Kier alpha value is -1.42. The highest BCUT2D eigenvalue weighted by Gasteiger charge is 2.20. The van der Waals surface area contributed by atoms with Gasteiger partial charge in [0, 0.05) is 0 Å². The Bertz CT molecular complexity index is 379. The predicted molar refractivity (Wildman–Crippen MR) is 59.8 cm³/mol. The van der Waals surface area contributed by atoms with Crippen LogP contribution in [0.25, 0.3) is 0 Å². The summed E-state index contributed by atoms with van der Waals surface area (Å²) in [4.78, 5) is 11.1. The molecule has 16 heavy (non-hydrogen) atoms. The first-order valence-electron chi connectivity index (χ1n) is 5.28. The first-order valence-corrected chi connectivity index (χ1v) is 5.28. The van der Waals surface area contributed by atoms with Crippen molar-refractivity contribution in [2.75, 3.05) is 6.54 Å². The standard InChI is InChI=1S/C12H16FNO2/c1-3-6-14-11(12(15)16)10-5-4-9(13)7-8(10)2/h4-5,7,11,14H,3,6H2,1-2H3,(H,15,16). The van der Waals surface area contributed by atoms with Crippen LogP contribution in [0.1, 0.15) is 30.5 Å². The largest absolute Gasteiger partial charge is 0.480 e. The van der Waals surface area contributed by atoms with Gasteiger partial charge in [0.2, 0.25) is 0 Å². The van der Waals surface area contributed by atoms with Crippen molar-refractivity contribution in [1.82, 2.24) is 5.32 Å². The molecule has 0 aliphatic rings. The van der Waals surface area contributed by atoms with Gasteiger partial charge in [-0.25, -0.2) is 4.39 Å². The zero-order chi connectivity index (χ0) is 12.1. The molecule has 0 bridgehead atoms. The van der Waals surface area contributed by atoms with Crippen molar-refractivity contribution in [3.63, 3.8) is 0 Å².